The molecule has 1 atom stereocenters. The maximum Gasteiger partial charge on any atom is 0.191 e. The molecule has 1 aliphatic carbocycles. The van der Waals surface area contributed by atoms with E-state index in [1.54, 1.807) is 6.26 Å². The summed E-state index contributed by atoms with van der Waals surface area (Å²) in [6.07, 6.45) is 6.80. The zero-order valence-corrected chi connectivity index (χ0v) is 17.0. The van der Waals surface area contributed by atoms with Crippen molar-refractivity contribution in [2.45, 2.75) is 44.7 Å². The number of likely N-dealkylation sites (N-methyl/N-ethyl adjacent to an activating group) is 1. The van der Waals surface area contributed by atoms with E-state index in [2.05, 4.69) is 41.5 Å². The van der Waals surface area contributed by atoms with E-state index in [0.717, 1.165) is 24.2 Å². The first-order valence-corrected chi connectivity index (χ1v) is 8.27. The van der Waals surface area contributed by atoms with Gasteiger partial charge in [-0.15, -0.1) is 24.0 Å². The minimum Gasteiger partial charge on any atom is -0.468 e. The van der Waals surface area contributed by atoms with E-state index in [1.165, 1.54) is 25.7 Å². The van der Waals surface area contributed by atoms with Gasteiger partial charge in [-0.2, -0.15) is 0 Å². The number of hydrogen-bond acceptors (Lipinski definition) is 3. The van der Waals surface area contributed by atoms with Crippen LogP contribution in [-0.2, 0) is 0 Å². The Balaban J connectivity index is 0.00000264. The quantitative estimate of drug-likeness (QED) is 0.425. The third kappa shape index (κ3) is 6.33. The molecule has 1 unspecified atom stereocenters. The highest BCUT2D eigenvalue weighted by Crippen LogP contribution is 2.23. The molecule has 1 saturated carbocycles. The van der Waals surface area contributed by atoms with Gasteiger partial charge in [0.2, 0.25) is 0 Å². The Morgan fingerprint density at radius 3 is 2.57 bits per heavy atom. The lowest BCUT2D eigenvalue weighted by Gasteiger charge is -2.29. The van der Waals surface area contributed by atoms with Crippen molar-refractivity contribution in [3.05, 3.63) is 24.2 Å². The van der Waals surface area contributed by atoms with Gasteiger partial charge in [0, 0.05) is 19.6 Å². The summed E-state index contributed by atoms with van der Waals surface area (Å²) in [4.78, 5) is 6.51. The smallest absolute Gasteiger partial charge is 0.191 e. The first-order valence-electron chi connectivity index (χ1n) is 8.27. The zero-order chi connectivity index (χ0) is 15.9. The van der Waals surface area contributed by atoms with Crippen LogP contribution in [0.5, 0.6) is 0 Å². The lowest BCUT2D eigenvalue weighted by Crippen LogP contribution is -2.46. The van der Waals surface area contributed by atoms with E-state index in [-0.39, 0.29) is 30.0 Å². The van der Waals surface area contributed by atoms with Crippen molar-refractivity contribution >= 4 is 29.9 Å². The minimum atomic E-state index is 0. The molecular weight excluding hydrogens is 403 g/mol. The molecule has 2 rings (SSSR count). The van der Waals surface area contributed by atoms with E-state index in [9.17, 15) is 0 Å². The van der Waals surface area contributed by atoms with Crippen molar-refractivity contribution in [2.75, 3.05) is 27.7 Å². The molecular formula is C17H31IN4O. The fraction of sp³-hybridized carbons (Fsp3) is 0.706. The summed E-state index contributed by atoms with van der Waals surface area (Å²) in [6, 6.07) is 4.69. The zero-order valence-electron chi connectivity index (χ0n) is 14.7. The fourth-order valence-electron chi connectivity index (χ4n) is 3.00. The molecule has 0 bridgehead atoms. The summed E-state index contributed by atoms with van der Waals surface area (Å²) in [5.74, 6) is 2.72. The van der Waals surface area contributed by atoms with E-state index in [4.69, 9.17) is 4.42 Å². The number of nitrogens with zero attached hydrogens (tertiary/aromatic N) is 2. The Hall–Kier alpha value is -0.760. The highest BCUT2D eigenvalue weighted by molar-refractivity contribution is 14.0. The minimum absolute atomic E-state index is 0. The summed E-state index contributed by atoms with van der Waals surface area (Å²) in [6.45, 7) is 3.11. The van der Waals surface area contributed by atoms with Crippen LogP contribution >= 0.6 is 24.0 Å². The molecule has 23 heavy (non-hydrogen) atoms. The molecule has 2 N–H and O–H groups in total. The van der Waals surface area contributed by atoms with Gasteiger partial charge < -0.3 is 15.1 Å². The van der Waals surface area contributed by atoms with Crippen LogP contribution in [0.2, 0.25) is 0 Å². The number of halogens is 1. The second-order valence-electron chi connectivity index (χ2n) is 6.55. The fourth-order valence-corrected chi connectivity index (χ4v) is 3.00. The molecule has 1 aliphatic rings. The summed E-state index contributed by atoms with van der Waals surface area (Å²) < 4.78 is 5.54. The maximum absolute atomic E-state index is 5.54. The summed E-state index contributed by atoms with van der Waals surface area (Å²) >= 11 is 0. The Bertz CT molecular complexity index is 453. The highest BCUT2D eigenvalue weighted by atomic mass is 127. The van der Waals surface area contributed by atoms with E-state index in [0.29, 0.717) is 6.04 Å². The Kier molecular flexibility index (Phi) is 8.98. The van der Waals surface area contributed by atoms with Crippen LogP contribution in [-0.4, -0.2) is 44.6 Å². The number of nitrogens with one attached hydrogen (secondary N) is 2. The normalized spacial score (nSPS) is 23.3. The van der Waals surface area contributed by atoms with Gasteiger partial charge in [-0.1, -0.05) is 6.92 Å². The van der Waals surface area contributed by atoms with Gasteiger partial charge in [0.15, 0.2) is 5.96 Å². The standard InChI is InChI=1S/C17H30N4O.HI/c1-13-7-9-14(10-8-13)20-17(18-2)19-12-15(21(3)4)16-6-5-11-22-16;/h5-6,11,13-15H,7-10,12H2,1-4H3,(H2,18,19,20);1H. The number of furan rings is 1. The molecule has 0 aliphatic heterocycles. The van der Waals surface area contributed by atoms with Crippen LogP contribution in [0, 0.1) is 5.92 Å². The van der Waals surface area contributed by atoms with Gasteiger partial charge in [-0.05, 0) is 57.8 Å². The molecule has 1 aromatic heterocycles. The van der Waals surface area contributed by atoms with Crippen molar-refractivity contribution in [3.8, 4) is 0 Å². The molecule has 0 amide bonds. The monoisotopic (exact) mass is 434 g/mol. The van der Waals surface area contributed by atoms with Crippen molar-refractivity contribution in [1.29, 1.82) is 0 Å². The molecule has 0 aromatic carbocycles. The molecule has 132 valence electrons. The third-order valence-electron chi connectivity index (χ3n) is 4.54. The number of guanidine groups is 1. The van der Waals surface area contributed by atoms with Crippen molar-refractivity contribution < 1.29 is 4.42 Å². The van der Waals surface area contributed by atoms with Gasteiger partial charge in [0.05, 0.1) is 12.3 Å². The molecule has 1 heterocycles. The second kappa shape index (κ2) is 10.2. The molecule has 0 radical (unpaired) electrons. The van der Waals surface area contributed by atoms with Crippen LogP contribution < -0.4 is 10.6 Å². The van der Waals surface area contributed by atoms with Crippen molar-refractivity contribution in [3.63, 3.8) is 0 Å². The summed E-state index contributed by atoms with van der Waals surface area (Å²) in [5.41, 5.74) is 0. The number of hydrogen-bond donors (Lipinski definition) is 2. The molecule has 1 fully saturated rings. The van der Waals surface area contributed by atoms with E-state index >= 15 is 0 Å². The lowest BCUT2D eigenvalue weighted by atomic mass is 9.87. The van der Waals surface area contributed by atoms with Crippen molar-refractivity contribution in [1.82, 2.24) is 15.5 Å². The average Bonchev–Trinajstić information content (AvgIpc) is 3.02. The van der Waals surface area contributed by atoms with E-state index < -0.39 is 0 Å². The Morgan fingerprint density at radius 1 is 1.35 bits per heavy atom. The Morgan fingerprint density at radius 2 is 2.04 bits per heavy atom. The Labute approximate surface area is 157 Å². The SMILES string of the molecule is CN=C(NCC(c1ccco1)N(C)C)NC1CCC(C)CC1.I. The second-order valence-corrected chi connectivity index (χ2v) is 6.55. The van der Waals surface area contributed by atoms with Gasteiger partial charge in [0.25, 0.3) is 0 Å². The molecule has 5 nitrogen and oxygen atoms in total. The average molecular weight is 434 g/mol. The lowest BCUT2D eigenvalue weighted by molar-refractivity contribution is 0.257. The largest absolute Gasteiger partial charge is 0.468 e. The summed E-state index contributed by atoms with van der Waals surface area (Å²) in [7, 11) is 5.96. The maximum atomic E-state index is 5.54. The van der Waals surface area contributed by atoms with Crippen LogP contribution in [0.4, 0.5) is 0 Å². The van der Waals surface area contributed by atoms with Crippen LogP contribution in [0.25, 0.3) is 0 Å². The molecule has 6 heteroatoms. The topological polar surface area (TPSA) is 52.8 Å². The van der Waals surface area contributed by atoms with Gasteiger partial charge >= 0.3 is 0 Å². The molecule has 0 saturated heterocycles. The predicted molar refractivity (Wildman–Crippen MR) is 106 cm³/mol. The molecule has 0 spiro atoms. The van der Waals surface area contributed by atoms with Crippen molar-refractivity contribution in [2.24, 2.45) is 10.9 Å². The summed E-state index contributed by atoms with van der Waals surface area (Å²) in [5, 5.41) is 6.99. The van der Waals surface area contributed by atoms with Gasteiger partial charge in [-0.3, -0.25) is 9.89 Å². The first-order chi connectivity index (χ1) is 10.6. The number of aliphatic imine (C=N–C) groups is 1. The number of rotatable bonds is 5. The third-order valence-corrected chi connectivity index (χ3v) is 4.54. The molecule has 1 aromatic rings. The van der Waals surface area contributed by atoms with Gasteiger partial charge in [-0.25, -0.2) is 0 Å². The van der Waals surface area contributed by atoms with Crippen LogP contribution in [0.3, 0.4) is 0 Å². The predicted octanol–water partition coefficient (Wildman–Crippen LogP) is 3.24. The van der Waals surface area contributed by atoms with E-state index in [1.807, 2.05) is 19.2 Å². The van der Waals surface area contributed by atoms with Crippen LogP contribution in [0.15, 0.2) is 27.8 Å². The van der Waals surface area contributed by atoms with Gasteiger partial charge in [0.1, 0.15) is 5.76 Å². The first kappa shape index (κ1) is 20.3. The highest BCUT2D eigenvalue weighted by Gasteiger charge is 2.20. The van der Waals surface area contributed by atoms with Crippen LogP contribution in [0.1, 0.15) is 44.4 Å².